The largest absolute Gasteiger partial charge is 0.372 e. The van der Waals surface area contributed by atoms with Crippen molar-refractivity contribution < 1.29 is 4.79 Å². The summed E-state index contributed by atoms with van der Waals surface area (Å²) in [4.78, 5) is 20.6. The first-order valence-corrected chi connectivity index (χ1v) is 6.98. The van der Waals surface area contributed by atoms with Gasteiger partial charge in [0.05, 0.1) is 0 Å². The number of aryl methyl sites for hydroxylation is 1. The zero-order chi connectivity index (χ0) is 14.5. The molecule has 2 heterocycles. The van der Waals surface area contributed by atoms with Crippen molar-refractivity contribution in [1.29, 1.82) is 0 Å². The van der Waals surface area contributed by atoms with E-state index in [2.05, 4.69) is 27.1 Å². The zero-order valence-corrected chi connectivity index (χ0v) is 12.2. The van der Waals surface area contributed by atoms with Gasteiger partial charge in [-0.2, -0.15) is 14.5 Å². The summed E-state index contributed by atoms with van der Waals surface area (Å²) in [7, 11) is 0. The average molecular weight is 276 g/mol. The van der Waals surface area contributed by atoms with Crippen LogP contribution in [0.5, 0.6) is 0 Å². The van der Waals surface area contributed by atoms with E-state index in [1.807, 2.05) is 13.8 Å². The minimum atomic E-state index is -0.347. The lowest BCUT2D eigenvalue weighted by molar-refractivity contribution is 0.237. The van der Waals surface area contributed by atoms with E-state index >= 15 is 0 Å². The van der Waals surface area contributed by atoms with Gasteiger partial charge in [0.2, 0.25) is 0 Å². The highest BCUT2D eigenvalue weighted by Crippen LogP contribution is 2.14. The molecule has 0 radical (unpaired) electrons. The minimum absolute atomic E-state index is 0.120. The molecule has 0 N–H and O–H groups in total. The van der Waals surface area contributed by atoms with E-state index in [-0.39, 0.29) is 11.9 Å². The van der Waals surface area contributed by atoms with Gasteiger partial charge >= 0.3 is 6.03 Å². The van der Waals surface area contributed by atoms with Gasteiger partial charge < -0.3 is 0 Å². The third kappa shape index (κ3) is 3.09. The summed E-state index contributed by atoms with van der Waals surface area (Å²) in [6.07, 6.45) is 6.82. The Morgan fingerprint density at radius 2 is 2.15 bits per heavy atom. The number of rotatable bonds is 5. The smallest absolute Gasteiger partial charge is 0.243 e. The van der Waals surface area contributed by atoms with Crippen LogP contribution in [0.15, 0.2) is 12.7 Å². The van der Waals surface area contributed by atoms with Gasteiger partial charge in [-0.15, -0.1) is 5.10 Å². The summed E-state index contributed by atoms with van der Waals surface area (Å²) >= 11 is 0. The molecule has 7 nitrogen and oxygen atoms in total. The van der Waals surface area contributed by atoms with Gasteiger partial charge in [0.15, 0.2) is 5.82 Å². The Morgan fingerprint density at radius 3 is 2.75 bits per heavy atom. The molecule has 2 aromatic rings. The third-order valence-corrected chi connectivity index (χ3v) is 2.99. The Morgan fingerprint density at radius 1 is 1.35 bits per heavy atom. The molecule has 0 aromatic carbocycles. The lowest BCUT2D eigenvalue weighted by atomic mass is 10.2. The fraction of sp³-hybridized carbons (Fsp3) is 0.615. The van der Waals surface area contributed by atoms with E-state index in [1.165, 1.54) is 17.3 Å². The highest BCUT2D eigenvalue weighted by molar-refractivity contribution is 5.77. The van der Waals surface area contributed by atoms with Crippen LogP contribution < -0.4 is 0 Å². The van der Waals surface area contributed by atoms with Crippen LogP contribution in [0.4, 0.5) is 4.79 Å². The molecule has 0 amide bonds. The second-order valence-electron chi connectivity index (χ2n) is 5.03. The van der Waals surface area contributed by atoms with E-state index < -0.39 is 0 Å². The summed E-state index contributed by atoms with van der Waals surface area (Å²) < 4.78 is 2.50. The average Bonchev–Trinajstić information content (AvgIpc) is 3.07. The van der Waals surface area contributed by atoms with Crippen LogP contribution in [0.2, 0.25) is 0 Å². The van der Waals surface area contributed by atoms with Crippen LogP contribution >= 0.6 is 0 Å². The molecule has 2 aromatic heterocycles. The second-order valence-corrected chi connectivity index (χ2v) is 5.03. The van der Waals surface area contributed by atoms with E-state index in [9.17, 15) is 4.79 Å². The van der Waals surface area contributed by atoms with Crippen molar-refractivity contribution in [2.75, 3.05) is 0 Å². The monoisotopic (exact) mass is 276 g/mol. The number of nitrogens with zero attached hydrogens (tertiary/aromatic N) is 6. The summed E-state index contributed by atoms with van der Waals surface area (Å²) in [5.74, 6) is 1.50. The maximum atomic E-state index is 12.3. The maximum absolute atomic E-state index is 12.3. The van der Waals surface area contributed by atoms with Gasteiger partial charge in [-0.1, -0.05) is 33.6 Å². The van der Waals surface area contributed by atoms with Gasteiger partial charge in [0.25, 0.3) is 0 Å². The van der Waals surface area contributed by atoms with E-state index in [0.29, 0.717) is 5.82 Å². The Bertz CT molecular complexity index is 557. The van der Waals surface area contributed by atoms with Crippen molar-refractivity contribution in [3.63, 3.8) is 0 Å². The van der Waals surface area contributed by atoms with E-state index in [4.69, 9.17) is 0 Å². The highest BCUT2D eigenvalue weighted by atomic mass is 16.2. The van der Waals surface area contributed by atoms with Crippen LogP contribution in [0, 0.1) is 0 Å². The van der Waals surface area contributed by atoms with Crippen LogP contribution in [0.3, 0.4) is 0 Å². The Kier molecular flexibility index (Phi) is 4.60. The molecule has 2 rings (SSSR count). The molecule has 0 aliphatic rings. The number of hydrogen-bond donors (Lipinski definition) is 0. The van der Waals surface area contributed by atoms with Gasteiger partial charge in [0.1, 0.15) is 18.5 Å². The van der Waals surface area contributed by atoms with Crippen molar-refractivity contribution in [3.8, 4) is 0 Å². The Balaban J connectivity index is 2.24. The Labute approximate surface area is 118 Å². The highest BCUT2D eigenvalue weighted by Gasteiger charge is 2.20. The molecular weight excluding hydrogens is 256 g/mol. The predicted octanol–water partition coefficient (Wildman–Crippen LogP) is 2.24. The molecule has 20 heavy (non-hydrogen) atoms. The number of carbonyl (C=O) groups excluding carboxylic acids is 1. The molecule has 0 unspecified atom stereocenters. The summed E-state index contributed by atoms with van der Waals surface area (Å²) in [5.41, 5.74) is 0. The topological polar surface area (TPSA) is 78.5 Å². The predicted molar refractivity (Wildman–Crippen MR) is 73.6 cm³/mol. The fourth-order valence-electron chi connectivity index (χ4n) is 1.93. The fourth-order valence-corrected chi connectivity index (χ4v) is 1.93. The summed E-state index contributed by atoms with van der Waals surface area (Å²) in [6.45, 7) is 6.13. The number of hydrogen-bond acceptors (Lipinski definition) is 5. The van der Waals surface area contributed by atoms with Crippen LogP contribution in [-0.2, 0) is 6.42 Å². The molecule has 108 valence electrons. The number of unbranched alkanes of at least 4 members (excludes halogenated alkanes) is 2. The molecule has 0 atom stereocenters. The quantitative estimate of drug-likeness (QED) is 0.782. The Hall–Kier alpha value is -2.05. The third-order valence-electron chi connectivity index (χ3n) is 2.99. The molecule has 0 spiro atoms. The van der Waals surface area contributed by atoms with Crippen molar-refractivity contribution in [3.05, 3.63) is 24.3 Å². The van der Waals surface area contributed by atoms with Crippen molar-refractivity contribution in [2.24, 2.45) is 0 Å². The molecule has 0 saturated carbocycles. The molecule has 0 aliphatic carbocycles. The summed E-state index contributed by atoms with van der Waals surface area (Å²) in [5, 5.41) is 8.17. The van der Waals surface area contributed by atoms with Crippen LogP contribution in [0.25, 0.3) is 0 Å². The second kappa shape index (κ2) is 6.40. The van der Waals surface area contributed by atoms with Crippen molar-refractivity contribution in [2.45, 2.75) is 52.4 Å². The first kappa shape index (κ1) is 14.4. The van der Waals surface area contributed by atoms with Gasteiger partial charge in [-0.3, -0.25) is 0 Å². The van der Waals surface area contributed by atoms with Gasteiger partial charge in [-0.25, -0.2) is 14.8 Å². The maximum Gasteiger partial charge on any atom is 0.372 e. The molecular formula is C13H20N6O. The van der Waals surface area contributed by atoms with Crippen molar-refractivity contribution in [1.82, 2.24) is 29.5 Å². The first-order chi connectivity index (χ1) is 9.63. The normalized spacial score (nSPS) is 11.2. The van der Waals surface area contributed by atoms with Gasteiger partial charge in [0, 0.05) is 12.3 Å². The lowest BCUT2D eigenvalue weighted by Gasteiger charge is -2.05. The molecule has 7 heteroatoms. The molecule has 0 aliphatic heterocycles. The molecule has 0 fully saturated rings. The number of carbonyl (C=O) groups is 1. The lowest BCUT2D eigenvalue weighted by Crippen LogP contribution is -2.23. The standard InChI is InChI=1S/C13H20N6O/c1-4-5-6-7-11-16-12(10(2)3)19(17-11)13(20)18-9-14-8-15-18/h8-10H,4-7H2,1-3H3. The van der Waals surface area contributed by atoms with Crippen molar-refractivity contribution >= 4 is 6.03 Å². The minimum Gasteiger partial charge on any atom is -0.243 e. The van der Waals surface area contributed by atoms with Gasteiger partial charge in [-0.05, 0) is 6.42 Å². The molecule has 0 bridgehead atoms. The van der Waals surface area contributed by atoms with Crippen LogP contribution in [-0.4, -0.2) is 35.6 Å². The van der Waals surface area contributed by atoms with E-state index in [0.717, 1.165) is 36.2 Å². The summed E-state index contributed by atoms with van der Waals surface area (Å²) in [6, 6.07) is -0.347. The molecule has 0 saturated heterocycles. The SMILES string of the molecule is CCCCCc1nc(C(C)C)n(C(=O)n2cncn2)n1. The first-order valence-electron chi connectivity index (χ1n) is 6.98. The van der Waals surface area contributed by atoms with E-state index in [1.54, 1.807) is 0 Å². The zero-order valence-electron chi connectivity index (χ0n) is 12.2. The van der Waals surface area contributed by atoms with Crippen LogP contribution in [0.1, 0.15) is 57.6 Å². The number of aromatic nitrogens is 6.